The summed E-state index contributed by atoms with van der Waals surface area (Å²) in [6.45, 7) is 4.05. The maximum atomic E-state index is 12.4. The lowest BCUT2D eigenvalue weighted by Gasteiger charge is -2.13. The SMILES string of the molecule is CCCn1c(N)c(C(=O)CSc2nnc(C)s2)c(=O)n(C)c1=O. The normalized spacial score (nSPS) is 10.9. The first-order valence-corrected chi connectivity index (χ1v) is 8.72. The number of nitrogen functional groups attached to an aromatic ring is 1. The Morgan fingerprint density at radius 3 is 2.61 bits per heavy atom. The number of carbonyl (C=O) groups is 1. The van der Waals surface area contributed by atoms with Gasteiger partial charge in [0.1, 0.15) is 16.4 Å². The van der Waals surface area contributed by atoms with Crippen LogP contribution in [0.25, 0.3) is 0 Å². The van der Waals surface area contributed by atoms with Gasteiger partial charge >= 0.3 is 5.69 Å². The van der Waals surface area contributed by atoms with Crippen molar-refractivity contribution in [3.63, 3.8) is 0 Å². The van der Waals surface area contributed by atoms with E-state index in [2.05, 4.69) is 10.2 Å². The minimum absolute atomic E-state index is 0.0123. The molecule has 0 saturated carbocycles. The molecule has 0 fully saturated rings. The van der Waals surface area contributed by atoms with E-state index in [-0.39, 0.29) is 17.1 Å². The van der Waals surface area contributed by atoms with Crippen molar-refractivity contribution in [3.8, 4) is 0 Å². The molecule has 2 N–H and O–H groups in total. The lowest BCUT2D eigenvalue weighted by molar-refractivity contribution is 0.102. The van der Waals surface area contributed by atoms with Gasteiger partial charge in [0.05, 0.1) is 5.75 Å². The molecular weight excluding hydrogens is 338 g/mol. The predicted octanol–water partition coefficient (Wildman–Crippen LogP) is 0.674. The molecule has 0 spiro atoms. The van der Waals surface area contributed by atoms with E-state index in [1.54, 1.807) is 0 Å². The largest absolute Gasteiger partial charge is 0.384 e. The van der Waals surface area contributed by atoms with Crippen LogP contribution in [0.4, 0.5) is 5.82 Å². The Morgan fingerprint density at radius 1 is 1.35 bits per heavy atom. The van der Waals surface area contributed by atoms with Gasteiger partial charge in [0, 0.05) is 13.6 Å². The second kappa shape index (κ2) is 7.09. The third-order valence-corrected chi connectivity index (χ3v) is 5.12. The van der Waals surface area contributed by atoms with Gasteiger partial charge in [-0.2, -0.15) is 0 Å². The van der Waals surface area contributed by atoms with E-state index in [0.29, 0.717) is 17.3 Å². The minimum atomic E-state index is -0.668. The van der Waals surface area contributed by atoms with Crippen molar-refractivity contribution in [3.05, 3.63) is 31.4 Å². The van der Waals surface area contributed by atoms with Gasteiger partial charge < -0.3 is 5.73 Å². The van der Waals surface area contributed by atoms with Crippen molar-refractivity contribution < 1.29 is 4.79 Å². The molecule has 0 aliphatic rings. The number of nitrogens with two attached hydrogens (primary N) is 1. The molecule has 2 aromatic rings. The van der Waals surface area contributed by atoms with Crippen molar-refractivity contribution in [2.45, 2.75) is 31.2 Å². The van der Waals surface area contributed by atoms with Crippen LogP contribution < -0.4 is 17.0 Å². The summed E-state index contributed by atoms with van der Waals surface area (Å²) in [6.07, 6.45) is 0.661. The monoisotopic (exact) mass is 355 g/mol. The number of thioether (sulfide) groups is 1. The van der Waals surface area contributed by atoms with Crippen molar-refractivity contribution in [1.29, 1.82) is 0 Å². The highest BCUT2D eigenvalue weighted by molar-refractivity contribution is 8.01. The standard InChI is InChI=1S/C13H17N5O3S2/c1-4-5-18-10(14)9(11(20)17(3)13(18)21)8(19)6-22-12-16-15-7(2)23-12/h4-6,14H2,1-3H3. The molecule has 0 aliphatic carbocycles. The molecule has 0 saturated heterocycles. The maximum Gasteiger partial charge on any atom is 0.332 e. The molecule has 0 unspecified atom stereocenters. The van der Waals surface area contributed by atoms with E-state index >= 15 is 0 Å². The number of anilines is 1. The smallest absolute Gasteiger partial charge is 0.332 e. The van der Waals surface area contributed by atoms with E-state index < -0.39 is 17.0 Å². The van der Waals surface area contributed by atoms with Gasteiger partial charge in [-0.3, -0.25) is 18.7 Å². The van der Waals surface area contributed by atoms with Gasteiger partial charge in [0.2, 0.25) is 0 Å². The summed E-state index contributed by atoms with van der Waals surface area (Å²) in [5.74, 6) is -0.483. The Morgan fingerprint density at radius 2 is 2.04 bits per heavy atom. The van der Waals surface area contributed by atoms with E-state index in [1.807, 2.05) is 13.8 Å². The van der Waals surface area contributed by atoms with Crippen LogP contribution in [0.5, 0.6) is 0 Å². The van der Waals surface area contributed by atoms with Crippen molar-refractivity contribution in [2.75, 3.05) is 11.5 Å². The third kappa shape index (κ3) is 3.53. The number of nitrogens with zero attached hydrogens (tertiary/aromatic N) is 4. The molecule has 2 heterocycles. The van der Waals surface area contributed by atoms with Gasteiger partial charge in [-0.1, -0.05) is 30.0 Å². The number of aryl methyl sites for hydroxylation is 1. The highest BCUT2D eigenvalue weighted by Gasteiger charge is 2.21. The second-order valence-electron chi connectivity index (χ2n) is 4.86. The quantitative estimate of drug-likeness (QED) is 0.598. The fraction of sp³-hybridized carbons (Fsp3) is 0.462. The summed E-state index contributed by atoms with van der Waals surface area (Å²) >= 11 is 2.56. The molecule has 0 bridgehead atoms. The number of hydrogen-bond donors (Lipinski definition) is 1. The molecular formula is C13H17N5O3S2. The zero-order chi connectivity index (χ0) is 17.1. The molecule has 2 rings (SSSR count). The first-order valence-electron chi connectivity index (χ1n) is 6.92. The van der Waals surface area contributed by atoms with Crippen molar-refractivity contribution in [1.82, 2.24) is 19.3 Å². The van der Waals surface area contributed by atoms with Crippen LogP contribution in [-0.2, 0) is 13.6 Å². The zero-order valence-corrected chi connectivity index (χ0v) is 14.7. The van der Waals surface area contributed by atoms with Crippen LogP contribution in [0, 0.1) is 6.92 Å². The molecule has 0 radical (unpaired) electrons. The van der Waals surface area contributed by atoms with Crippen molar-refractivity contribution in [2.24, 2.45) is 7.05 Å². The molecule has 0 aromatic carbocycles. The number of rotatable bonds is 6. The topological polar surface area (TPSA) is 113 Å². The van der Waals surface area contributed by atoms with Crippen LogP contribution >= 0.6 is 23.1 Å². The average Bonchev–Trinajstić information content (AvgIpc) is 2.93. The number of aromatic nitrogens is 4. The first kappa shape index (κ1) is 17.4. The highest BCUT2D eigenvalue weighted by Crippen LogP contribution is 2.23. The number of ketones is 1. The molecule has 124 valence electrons. The summed E-state index contributed by atoms with van der Waals surface area (Å²) in [6, 6.07) is 0. The van der Waals surface area contributed by atoms with Gasteiger partial charge in [0.25, 0.3) is 5.56 Å². The fourth-order valence-corrected chi connectivity index (χ4v) is 3.71. The van der Waals surface area contributed by atoms with E-state index in [0.717, 1.165) is 9.57 Å². The Kier molecular flexibility index (Phi) is 5.37. The molecule has 23 heavy (non-hydrogen) atoms. The molecule has 0 atom stereocenters. The van der Waals surface area contributed by atoms with E-state index in [9.17, 15) is 14.4 Å². The Balaban J connectivity index is 2.36. The molecule has 0 aliphatic heterocycles. The first-order chi connectivity index (χ1) is 10.9. The van der Waals surface area contributed by atoms with Gasteiger partial charge in [-0.25, -0.2) is 4.79 Å². The lowest BCUT2D eigenvalue weighted by Crippen LogP contribution is -2.42. The average molecular weight is 355 g/mol. The molecule has 10 heteroatoms. The fourth-order valence-electron chi connectivity index (χ4n) is 2.02. The summed E-state index contributed by atoms with van der Waals surface area (Å²) in [4.78, 5) is 36.7. The van der Waals surface area contributed by atoms with Gasteiger partial charge in [0.15, 0.2) is 10.1 Å². The lowest BCUT2D eigenvalue weighted by atomic mass is 10.2. The summed E-state index contributed by atoms with van der Waals surface area (Å²) < 4.78 is 2.82. The van der Waals surface area contributed by atoms with Crippen LogP contribution in [-0.4, -0.2) is 30.9 Å². The maximum absolute atomic E-state index is 12.4. The molecule has 8 nitrogen and oxygen atoms in total. The van der Waals surface area contributed by atoms with E-state index in [1.165, 1.54) is 34.7 Å². The minimum Gasteiger partial charge on any atom is -0.384 e. The van der Waals surface area contributed by atoms with Crippen LogP contribution in [0.2, 0.25) is 0 Å². The van der Waals surface area contributed by atoms with Crippen LogP contribution in [0.3, 0.4) is 0 Å². The molecule has 0 amide bonds. The van der Waals surface area contributed by atoms with Crippen LogP contribution in [0.15, 0.2) is 13.9 Å². The summed E-state index contributed by atoms with van der Waals surface area (Å²) in [5.41, 5.74) is 4.58. The third-order valence-electron chi connectivity index (χ3n) is 3.14. The van der Waals surface area contributed by atoms with Crippen LogP contribution in [0.1, 0.15) is 28.7 Å². The number of carbonyl (C=O) groups excluding carboxylic acids is 1. The van der Waals surface area contributed by atoms with Gasteiger partial charge in [-0.15, -0.1) is 10.2 Å². The number of Topliss-reactive ketones (excluding diaryl/α,β-unsaturated/α-hetero) is 1. The Labute approximate surface area is 140 Å². The molecule has 2 aromatic heterocycles. The predicted molar refractivity (Wildman–Crippen MR) is 90.3 cm³/mol. The summed E-state index contributed by atoms with van der Waals surface area (Å²) in [7, 11) is 1.34. The second-order valence-corrected chi connectivity index (χ2v) is 7.26. The highest BCUT2D eigenvalue weighted by atomic mass is 32.2. The number of hydrogen-bond acceptors (Lipinski definition) is 8. The Bertz CT molecular complexity index is 852. The van der Waals surface area contributed by atoms with Gasteiger partial charge in [-0.05, 0) is 13.3 Å². The summed E-state index contributed by atoms with van der Waals surface area (Å²) in [5, 5.41) is 8.58. The Hall–Kier alpha value is -1.94. The van der Waals surface area contributed by atoms with E-state index in [4.69, 9.17) is 5.73 Å². The van der Waals surface area contributed by atoms with Crippen molar-refractivity contribution >= 4 is 34.7 Å². The zero-order valence-electron chi connectivity index (χ0n) is 13.0.